The predicted molar refractivity (Wildman–Crippen MR) is 80.2 cm³/mol. The molecule has 0 bridgehead atoms. The molecular formula is C16H26O6. The molecule has 22 heavy (non-hydrogen) atoms. The lowest BCUT2D eigenvalue weighted by Gasteiger charge is -2.08. The van der Waals surface area contributed by atoms with Gasteiger partial charge in [-0.2, -0.15) is 0 Å². The molecule has 0 aliphatic carbocycles. The number of carbonyl (C=O) groups is 2. The highest BCUT2D eigenvalue weighted by Gasteiger charge is 2.49. The molecule has 0 saturated carbocycles. The Morgan fingerprint density at radius 1 is 1.18 bits per heavy atom. The van der Waals surface area contributed by atoms with Crippen LogP contribution in [-0.4, -0.2) is 49.6 Å². The molecule has 1 rings (SSSR count). The van der Waals surface area contributed by atoms with Crippen molar-refractivity contribution in [1.29, 1.82) is 0 Å². The van der Waals surface area contributed by atoms with Gasteiger partial charge in [0.05, 0.1) is 25.9 Å². The Labute approximate surface area is 131 Å². The van der Waals surface area contributed by atoms with Gasteiger partial charge in [0.15, 0.2) is 0 Å². The van der Waals surface area contributed by atoms with Crippen LogP contribution >= 0.6 is 0 Å². The number of hydrogen-bond acceptors (Lipinski definition) is 6. The zero-order valence-electron chi connectivity index (χ0n) is 13.5. The first-order chi connectivity index (χ1) is 10.5. The summed E-state index contributed by atoms with van der Waals surface area (Å²) in [5, 5.41) is 10.1. The lowest BCUT2D eigenvalue weighted by atomic mass is 10.0. The molecule has 3 atom stereocenters. The van der Waals surface area contributed by atoms with Crippen LogP contribution in [0.1, 0.15) is 45.4 Å². The molecule has 0 aromatic rings. The van der Waals surface area contributed by atoms with Crippen molar-refractivity contribution >= 4 is 11.9 Å². The number of epoxide rings is 1. The van der Waals surface area contributed by atoms with Crippen LogP contribution in [0.15, 0.2) is 11.6 Å². The third-order valence-electron chi connectivity index (χ3n) is 3.71. The van der Waals surface area contributed by atoms with E-state index in [0.717, 1.165) is 25.3 Å². The Morgan fingerprint density at radius 2 is 1.86 bits per heavy atom. The minimum atomic E-state index is -0.649. The lowest BCUT2D eigenvalue weighted by Crippen LogP contribution is -2.21. The van der Waals surface area contributed by atoms with Gasteiger partial charge in [0, 0.05) is 6.08 Å². The Hall–Kier alpha value is -1.40. The maximum Gasteiger partial charge on any atom is 0.336 e. The average molecular weight is 314 g/mol. The summed E-state index contributed by atoms with van der Waals surface area (Å²) in [6.07, 6.45) is 5.52. The minimum Gasteiger partial charge on any atom is -0.466 e. The van der Waals surface area contributed by atoms with E-state index in [1.807, 2.05) is 0 Å². The highest BCUT2D eigenvalue weighted by atomic mass is 16.6. The quantitative estimate of drug-likeness (QED) is 0.286. The first-order valence-corrected chi connectivity index (χ1v) is 7.76. The summed E-state index contributed by atoms with van der Waals surface area (Å²) in [7, 11) is 2.46. The molecule has 1 aliphatic rings. The van der Waals surface area contributed by atoms with Crippen molar-refractivity contribution in [2.75, 3.05) is 14.2 Å². The maximum atomic E-state index is 11.7. The van der Waals surface area contributed by atoms with Crippen molar-refractivity contribution in [1.82, 2.24) is 0 Å². The van der Waals surface area contributed by atoms with Crippen molar-refractivity contribution in [2.24, 2.45) is 0 Å². The summed E-state index contributed by atoms with van der Waals surface area (Å²) in [5.74, 6) is -1.29. The molecule has 1 N–H and O–H groups in total. The monoisotopic (exact) mass is 314 g/mol. The summed E-state index contributed by atoms with van der Waals surface area (Å²) >= 11 is 0. The zero-order valence-corrected chi connectivity index (χ0v) is 13.5. The number of esters is 2. The van der Waals surface area contributed by atoms with E-state index >= 15 is 0 Å². The third-order valence-corrected chi connectivity index (χ3v) is 3.71. The zero-order chi connectivity index (χ0) is 16.5. The number of carbonyl (C=O) groups excluding carboxylic acids is 2. The van der Waals surface area contributed by atoms with E-state index in [4.69, 9.17) is 4.74 Å². The topological polar surface area (TPSA) is 85.4 Å². The van der Waals surface area contributed by atoms with Crippen LogP contribution in [0.5, 0.6) is 0 Å². The van der Waals surface area contributed by atoms with Crippen molar-refractivity contribution < 1.29 is 28.9 Å². The smallest absolute Gasteiger partial charge is 0.336 e. The molecule has 6 nitrogen and oxygen atoms in total. The van der Waals surface area contributed by atoms with Crippen LogP contribution in [0, 0.1) is 0 Å². The van der Waals surface area contributed by atoms with Gasteiger partial charge in [-0.1, -0.05) is 39.0 Å². The summed E-state index contributed by atoms with van der Waals surface area (Å²) in [6, 6.07) is 0. The lowest BCUT2D eigenvalue weighted by molar-refractivity contribution is -0.138. The Bertz CT molecular complexity index is 403. The van der Waals surface area contributed by atoms with Gasteiger partial charge in [0.2, 0.25) is 0 Å². The molecule has 0 radical (unpaired) electrons. The Morgan fingerprint density at radius 3 is 2.45 bits per heavy atom. The molecular weight excluding hydrogens is 288 g/mol. The molecule has 6 heteroatoms. The average Bonchev–Trinajstić information content (AvgIpc) is 3.31. The number of hydrogen-bond donors (Lipinski definition) is 1. The largest absolute Gasteiger partial charge is 0.466 e. The molecule has 126 valence electrons. The van der Waals surface area contributed by atoms with Crippen LogP contribution in [0.25, 0.3) is 0 Å². The highest BCUT2D eigenvalue weighted by Crippen LogP contribution is 2.34. The molecule has 0 aromatic carbocycles. The molecule has 1 fully saturated rings. The standard InChI is InChI=1S/C16H26O6/c1-4-5-6-7-8-9-12(17)15-14(22-15)11(16(19)21-3)10-13(18)20-2/h10,12,14-15,17H,4-9H2,1-3H3/t12-,14-,15+/m0/s1. The summed E-state index contributed by atoms with van der Waals surface area (Å²) in [4.78, 5) is 23.0. The van der Waals surface area contributed by atoms with E-state index < -0.39 is 30.3 Å². The van der Waals surface area contributed by atoms with Gasteiger partial charge in [-0.3, -0.25) is 0 Å². The van der Waals surface area contributed by atoms with Crippen molar-refractivity contribution in [3.05, 3.63) is 11.6 Å². The van der Waals surface area contributed by atoms with Crippen molar-refractivity contribution in [2.45, 2.75) is 63.8 Å². The molecule has 0 spiro atoms. The number of ether oxygens (including phenoxy) is 3. The number of aliphatic hydroxyl groups excluding tert-OH is 1. The number of unbranched alkanes of at least 4 members (excludes halogenated alkanes) is 4. The second-order valence-electron chi connectivity index (χ2n) is 5.41. The van der Waals surface area contributed by atoms with E-state index in [-0.39, 0.29) is 5.57 Å². The van der Waals surface area contributed by atoms with E-state index in [1.54, 1.807) is 0 Å². The fourth-order valence-corrected chi connectivity index (χ4v) is 2.35. The van der Waals surface area contributed by atoms with Gasteiger partial charge < -0.3 is 19.3 Å². The van der Waals surface area contributed by atoms with E-state index in [9.17, 15) is 14.7 Å². The van der Waals surface area contributed by atoms with Crippen molar-refractivity contribution in [3.8, 4) is 0 Å². The van der Waals surface area contributed by atoms with Crippen LogP contribution in [0.3, 0.4) is 0 Å². The van der Waals surface area contributed by atoms with Gasteiger partial charge >= 0.3 is 11.9 Å². The first-order valence-electron chi connectivity index (χ1n) is 7.76. The summed E-state index contributed by atoms with van der Waals surface area (Å²) in [6.45, 7) is 2.15. The highest BCUT2D eigenvalue weighted by molar-refractivity contribution is 5.97. The number of rotatable bonds is 10. The summed E-state index contributed by atoms with van der Waals surface area (Å²) in [5.41, 5.74) is 0.0874. The van der Waals surface area contributed by atoms with Crippen LogP contribution < -0.4 is 0 Å². The SMILES string of the molecule is CCCCCCC[C@H](O)[C@H]1O[C@H]1C(=CC(=O)OC)C(=O)OC. The van der Waals surface area contributed by atoms with Crippen LogP contribution in [0.2, 0.25) is 0 Å². The predicted octanol–water partition coefficient (Wildman–Crippen LogP) is 1.75. The second kappa shape index (κ2) is 9.58. The van der Waals surface area contributed by atoms with Gasteiger partial charge in [-0.05, 0) is 6.42 Å². The van der Waals surface area contributed by atoms with E-state index in [1.165, 1.54) is 27.1 Å². The van der Waals surface area contributed by atoms with Crippen LogP contribution in [0.4, 0.5) is 0 Å². The molecule has 1 heterocycles. The van der Waals surface area contributed by atoms with Gasteiger partial charge in [0.25, 0.3) is 0 Å². The molecule has 0 amide bonds. The fourth-order valence-electron chi connectivity index (χ4n) is 2.35. The van der Waals surface area contributed by atoms with Crippen LogP contribution in [-0.2, 0) is 23.8 Å². The molecule has 1 aliphatic heterocycles. The Kier molecular flexibility index (Phi) is 8.12. The molecule has 0 aromatic heterocycles. The van der Waals surface area contributed by atoms with E-state index in [0.29, 0.717) is 6.42 Å². The maximum absolute atomic E-state index is 11.7. The first kappa shape index (κ1) is 18.6. The Balaban J connectivity index is 2.47. The second-order valence-corrected chi connectivity index (χ2v) is 5.41. The fraction of sp³-hybridized carbons (Fsp3) is 0.750. The van der Waals surface area contributed by atoms with Crippen molar-refractivity contribution in [3.63, 3.8) is 0 Å². The number of aliphatic hydroxyl groups is 1. The van der Waals surface area contributed by atoms with Gasteiger partial charge in [0.1, 0.15) is 12.2 Å². The summed E-state index contributed by atoms with van der Waals surface area (Å²) < 4.78 is 14.5. The van der Waals surface area contributed by atoms with Gasteiger partial charge in [-0.25, -0.2) is 9.59 Å². The number of methoxy groups -OCH3 is 2. The molecule has 1 saturated heterocycles. The normalized spacial score (nSPS) is 22.1. The minimum absolute atomic E-state index is 0.0874. The molecule has 0 unspecified atom stereocenters. The third kappa shape index (κ3) is 5.77. The van der Waals surface area contributed by atoms with Gasteiger partial charge in [-0.15, -0.1) is 0 Å². The van der Waals surface area contributed by atoms with E-state index in [2.05, 4.69) is 16.4 Å².